The van der Waals surface area contributed by atoms with Crippen molar-refractivity contribution in [3.8, 4) is 0 Å². The van der Waals surface area contributed by atoms with Gasteiger partial charge in [-0.3, -0.25) is 14.9 Å². The molecule has 1 aliphatic carbocycles. The highest BCUT2D eigenvalue weighted by Gasteiger charge is 2.32. The van der Waals surface area contributed by atoms with Crippen LogP contribution in [-0.4, -0.2) is 29.7 Å². The summed E-state index contributed by atoms with van der Waals surface area (Å²) in [5.41, 5.74) is 5.57. The number of nitrogens with zero attached hydrogens (tertiary/aromatic N) is 1. The summed E-state index contributed by atoms with van der Waals surface area (Å²) >= 11 is 1.44. The van der Waals surface area contributed by atoms with Crippen molar-refractivity contribution in [3.05, 3.63) is 33.9 Å². The molecule has 1 aromatic carbocycles. The number of hydrogen-bond acceptors (Lipinski definition) is 5. The van der Waals surface area contributed by atoms with Gasteiger partial charge >= 0.3 is 0 Å². The van der Waals surface area contributed by atoms with Crippen LogP contribution >= 0.6 is 24.2 Å². The van der Waals surface area contributed by atoms with Crippen molar-refractivity contribution in [1.82, 2.24) is 5.32 Å². The lowest BCUT2D eigenvalue weighted by Crippen LogP contribution is -2.41. The Balaban J connectivity index is 0.00000220. The predicted molar refractivity (Wildman–Crippen MR) is 85.2 cm³/mol. The molecule has 2 rings (SSSR count). The molecular weight excluding hydrogens is 314 g/mol. The van der Waals surface area contributed by atoms with Crippen LogP contribution in [0.3, 0.4) is 0 Å². The normalized spacial score (nSPS) is 15.0. The van der Waals surface area contributed by atoms with E-state index in [1.54, 1.807) is 12.1 Å². The summed E-state index contributed by atoms with van der Waals surface area (Å²) in [4.78, 5) is 23.6. The fourth-order valence-corrected chi connectivity index (χ4v) is 2.54. The number of nitrogens with one attached hydrogen (secondary N) is 1. The summed E-state index contributed by atoms with van der Waals surface area (Å²) in [5.74, 6) is -0.0123. The molecule has 1 atom stereocenters. The zero-order chi connectivity index (χ0) is 14.7. The van der Waals surface area contributed by atoms with Crippen molar-refractivity contribution in [3.63, 3.8) is 0 Å². The summed E-state index contributed by atoms with van der Waals surface area (Å²) in [6, 6.07) is 4.47. The molecule has 0 saturated heterocycles. The van der Waals surface area contributed by atoms with Gasteiger partial charge in [-0.05, 0) is 37.1 Å². The molecule has 1 aliphatic rings. The number of amides is 1. The van der Waals surface area contributed by atoms with E-state index in [2.05, 4.69) is 5.32 Å². The molecule has 0 radical (unpaired) electrons. The van der Waals surface area contributed by atoms with Gasteiger partial charge in [0.2, 0.25) is 0 Å². The van der Waals surface area contributed by atoms with Crippen LogP contribution in [0.1, 0.15) is 23.2 Å². The van der Waals surface area contributed by atoms with Crippen molar-refractivity contribution >= 4 is 35.8 Å². The molecule has 1 unspecified atom stereocenters. The summed E-state index contributed by atoms with van der Waals surface area (Å²) in [7, 11) is 0. The van der Waals surface area contributed by atoms with Crippen LogP contribution in [-0.2, 0) is 0 Å². The zero-order valence-corrected chi connectivity index (χ0v) is 13.2. The van der Waals surface area contributed by atoms with E-state index in [1.807, 2.05) is 6.26 Å². The lowest BCUT2D eigenvalue weighted by atomic mass is 10.1. The highest BCUT2D eigenvalue weighted by Crippen LogP contribution is 2.32. The number of nitrogens with two attached hydrogens (primary N) is 1. The Morgan fingerprint density at radius 1 is 1.57 bits per heavy atom. The summed E-state index contributed by atoms with van der Waals surface area (Å²) in [5, 5.41) is 13.8. The molecule has 21 heavy (non-hydrogen) atoms. The van der Waals surface area contributed by atoms with Crippen molar-refractivity contribution in [2.24, 2.45) is 11.7 Å². The largest absolute Gasteiger partial charge is 0.348 e. The minimum Gasteiger partial charge on any atom is -0.348 e. The second-order valence-electron chi connectivity index (χ2n) is 4.79. The van der Waals surface area contributed by atoms with Crippen LogP contribution in [0.4, 0.5) is 5.69 Å². The van der Waals surface area contributed by atoms with Gasteiger partial charge in [-0.25, -0.2) is 0 Å². The van der Waals surface area contributed by atoms with E-state index in [9.17, 15) is 14.9 Å². The first-order chi connectivity index (χ1) is 9.56. The average Bonchev–Trinajstić information content (AvgIpc) is 3.28. The van der Waals surface area contributed by atoms with E-state index < -0.39 is 10.8 Å². The molecule has 116 valence electrons. The van der Waals surface area contributed by atoms with Crippen LogP contribution in [0.25, 0.3) is 0 Å². The number of rotatable bonds is 6. The number of benzene rings is 1. The number of nitro benzene ring substituents is 1. The van der Waals surface area contributed by atoms with Crippen molar-refractivity contribution in [2.75, 3.05) is 12.8 Å². The number of halogens is 1. The number of carbonyl (C=O) groups excluding carboxylic acids is 1. The standard InChI is InChI=1S/C13H17N3O3S.ClH/c1-20-9-4-5-12(16(18)19)10(6-9)13(17)15-11(7-14)8-2-3-8;/h4-6,8,11H,2-3,7,14H2,1H3,(H,15,17);1H. The first-order valence-corrected chi connectivity index (χ1v) is 7.62. The molecule has 3 N–H and O–H groups in total. The van der Waals surface area contributed by atoms with E-state index in [0.29, 0.717) is 12.5 Å². The third kappa shape index (κ3) is 4.33. The predicted octanol–water partition coefficient (Wildman–Crippen LogP) is 2.21. The van der Waals surface area contributed by atoms with Gasteiger partial charge in [0.05, 0.1) is 4.92 Å². The maximum atomic E-state index is 12.3. The lowest BCUT2D eigenvalue weighted by Gasteiger charge is -2.16. The van der Waals surface area contributed by atoms with Gasteiger partial charge in [-0.15, -0.1) is 24.2 Å². The van der Waals surface area contributed by atoms with Gasteiger partial charge < -0.3 is 11.1 Å². The second kappa shape index (κ2) is 7.63. The van der Waals surface area contributed by atoms with Gasteiger partial charge in [0, 0.05) is 23.5 Å². The molecular formula is C13H18ClN3O3S. The molecule has 0 aliphatic heterocycles. The number of carbonyl (C=O) groups is 1. The van der Waals surface area contributed by atoms with Crippen LogP contribution in [0, 0.1) is 16.0 Å². The van der Waals surface area contributed by atoms with E-state index in [1.165, 1.54) is 17.8 Å². The summed E-state index contributed by atoms with van der Waals surface area (Å²) in [6.45, 7) is 0.354. The molecule has 0 heterocycles. The SMILES string of the molecule is CSc1ccc([N+](=O)[O-])c(C(=O)NC(CN)C2CC2)c1.Cl. The molecule has 0 spiro atoms. The monoisotopic (exact) mass is 331 g/mol. The van der Waals surface area contributed by atoms with Crippen molar-refractivity contribution in [2.45, 2.75) is 23.8 Å². The molecule has 0 bridgehead atoms. The Morgan fingerprint density at radius 3 is 2.71 bits per heavy atom. The van der Waals surface area contributed by atoms with Gasteiger partial charge in [-0.1, -0.05) is 0 Å². The third-order valence-electron chi connectivity index (χ3n) is 3.41. The maximum Gasteiger partial charge on any atom is 0.282 e. The van der Waals surface area contributed by atoms with Gasteiger partial charge in [0.1, 0.15) is 5.56 Å². The van der Waals surface area contributed by atoms with Gasteiger partial charge in [0.25, 0.3) is 11.6 Å². The van der Waals surface area contributed by atoms with E-state index in [-0.39, 0.29) is 29.7 Å². The van der Waals surface area contributed by atoms with E-state index in [4.69, 9.17) is 5.73 Å². The topological polar surface area (TPSA) is 98.3 Å². The molecule has 8 heteroatoms. The number of thioether (sulfide) groups is 1. The molecule has 1 amide bonds. The summed E-state index contributed by atoms with van der Waals surface area (Å²) in [6.07, 6.45) is 3.96. The molecule has 0 aromatic heterocycles. The fraction of sp³-hybridized carbons (Fsp3) is 0.462. The first kappa shape index (κ1) is 17.7. The van der Waals surface area contributed by atoms with E-state index in [0.717, 1.165) is 17.7 Å². The second-order valence-corrected chi connectivity index (χ2v) is 5.67. The summed E-state index contributed by atoms with van der Waals surface area (Å²) < 4.78 is 0. The van der Waals surface area contributed by atoms with E-state index >= 15 is 0 Å². The number of hydrogen-bond donors (Lipinski definition) is 2. The van der Waals surface area contributed by atoms with Crippen molar-refractivity contribution < 1.29 is 9.72 Å². The van der Waals surface area contributed by atoms with Gasteiger partial charge in [0.15, 0.2) is 0 Å². The zero-order valence-electron chi connectivity index (χ0n) is 11.6. The minimum atomic E-state index is -0.534. The molecule has 6 nitrogen and oxygen atoms in total. The Labute approximate surface area is 133 Å². The average molecular weight is 332 g/mol. The highest BCUT2D eigenvalue weighted by molar-refractivity contribution is 7.98. The highest BCUT2D eigenvalue weighted by atomic mass is 35.5. The fourth-order valence-electron chi connectivity index (χ4n) is 2.10. The first-order valence-electron chi connectivity index (χ1n) is 6.40. The van der Waals surface area contributed by atoms with Crippen molar-refractivity contribution in [1.29, 1.82) is 0 Å². The van der Waals surface area contributed by atoms with Crippen LogP contribution in [0.2, 0.25) is 0 Å². The Bertz CT molecular complexity index is 537. The molecule has 1 fully saturated rings. The maximum absolute atomic E-state index is 12.3. The Morgan fingerprint density at radius 2 is 2.24 bits per heavy atom. The third-order valence-corrected chi connectivity index (χ3v) is 4.13. The van der Waals surface area contributed by atoms with Crippen LogP contribution < -0.4 is 11.1 Å². The Hall–Kier alpha value is -1.31. The lowest BCUT2D eigenvalue weighted by molar-refractivity contribution is -0.385. The molecule has 1 saturated carbocycles. The van der Waals surface area contributed by atoms with Crippen LogP contribution in [0.15, 0.2) is 23.1 Å². The molecule has 1 aromatic rings. The Kier molecular flexibility index (Phi) is 6.44. The van der Waals surface area contributed by atoms with Gasteiger partial charge in [-0.2, -0.15) is 0 Å². The van der Waals surface area contributed by atoms with Crippen LogP contribution in [0.5, 0.6) is 0 Å². The quantitative estimate of drug-likeness (QED) is 0.473. The smallest absolute Gasteiger partial charge is 0.282 e. The number of nitro groups is 1. The minimum absolute atomic E-state index is 0.